The zero-order valence-corrected chi connectivity index (χ0v) is 12.3. The number of anilines is 1. The molecule has 0 unspecified atom stereocenters. The fraction of sp³-hybridized carbons (Fsp3) is 0.125. The second-order valence-electron chi connectivity index (χ2n) is 4.53. The summed E-state index contributed by atoms with van der Waals surface area (Å²) in [6.07, 6.45) is 2.10. The van der Waals surface area contributed by atoms with Crippen LogP contribution in [0.4, 0.5) is 5.69 Å². The van der Waals surface area contributed by atoms with Crippen LogP contribution < -0.4 is 4.72 Å². The summed E-state index contributed by atoms with van der Waals surface area (Å²) in [5.74, 6) is 0. The molecular formula is C16H17NO3S. The van der Waals surface area contributed by atoms with E-state index < -0.39 is 10.0 Å². The van der Waals surface area contributed by atoms with E-state index in [0.717, 1.165) is 16.5 Å². The zero-order valence-electron chi connectivity index (χ0n) is 11.4. The number of aliphatic hydroxyl groups excluding tert-OH is 1. The summed E-state index contributed by atoms with van der Waals surface area (Å²) in [7, 11) is -3.54. The smallest absolute Gasteiger partial charge is 0.255 e. The molecule has 2 aromatic rings. The van der Waals surface area contributed by atoms with Crippen LogP contribution in [-0.4, -0.2) is 20.1 Å². The molecule has 4 nitrogen and oxygen atoms in total. The normalized spacial score (nSPS) is 11.7. The molecule has 0 aliphatic heterocycles. The van der Waals surface area contributed by atoms with Gasteiger partial charge in [-0.15, -0.1) is 0 Å². The maximum Gasteiger partial charge on any atom is 0.255 e. The number of aliphatic hydroxyl groups is 1. The van der Waals surface area contributed by atoms with Crippen LogP contribution in [-0.2, 0) is 16.4 Å². The molecule has 2 N–H and O–H groups in total. The van der Waals surface area contributed by atoms with Crippen LogP contribution in [0.3, 0.4) is 0 Å². The number of hydrogen-bond acceptors (Lipinski definition) is 3. The fourth-order valence-corrected chi connectivity index (χ4v) is 2.67. The van der Waals surface area contributed by atoms with Crippen molar-refractivity contribution in [1.29, 1.82) is 0 Å². The lowest BCUT2D eigenvalue weighted by Crippen LogP contribution is -2.08. The van der Waals surface area contributed by atoms with Crippen molar-refractivity contribution in [3.8, 4) is 0 Å². The van der Waals surface area contributed by atoms with Crippen molar-refractivity contribution in [1.82, 2.24) is 0 Å². The second-order valence-corrected chi connectivity index (χ2v) is 6.10. The molecule has 0 amide bonds. The summed E-state index contributed by atoms with van der Waals surface area (Å²) in [5, 5.41) is 9.98. The maximum atomic E-state index is 11.9. The number of rotatable bonds is 6. The molecule has 2 rings (SSSR count). The predicted octanol–water partition coefficient (Wildman–Crippen LogP) is 2.63. The van der Waals surface area contributed by atoms with E-state index in [9.17, 15) is 8.42 Å². The number of sulfonamides is 1. The van der Waals surface area contributed by atoms with Crippen molar-refractivity contribution in [2.45, 2.75) is 6.42 Å². The third kappa shape index (κ3) is 5.06. The van der Waals surface area contributed by atoms with Crippen LogP contribution >= 0.6 is 0 Å². The van der Waals surface area contributed by atoms with Crippen LogP contribution in [0, 0.1) is 0 Å². The molecule has 110 valence electrons. The highest BCUT2D eigenvalue weighted by Crippen LogP contribution is 2.13. The van der Waals surface area contributed by atoms with Gasteiger partial charge in [-0.25, -0.2) is 8.42 Å². The van der Waals surface area contributed by atoms with E-state index in [2.05, 4.69) is 4.72 Å². The largest absolute Gasteiger partial charge is 0.396 e. The van der Waals surface area contributed by atoms with Gasteiger partial charge in [0.25, 0.3) is 10.0 Å². The monoisotopic (exact) mass is 303 g/mol. The molecular weight excluding hydrogens is 286 g/mol. The molecule has 21 heavy (non-hydrogen) atoms. The molecule has 0 bridgehead atoms. The highest BCUT2D eigenvalue weighted by molar-refractivity contribution is 7.95. The lowest BCUT2D eigenvalue weighted by Gasteiger charge is -2.05. The highest BCUT2D eigenvalue weighted by atomic mass is 32.2. The Labute approximate surface area is 124 Å². The van der Waals surface area contributed by atoms with E-state index in [0.29, 0.717) is 12.1 Å². The lowest BCUT2D eigenvalue weighted by molar-refractivity contribution is 0.299. The van der Waals surface area contributed by atoms with E-state index in [4.69, 9.17) is 5.11 Å². The number of nitrogens with one attached hydrogen (secondary N) is 1. The van der Waals surface area contributed by atoms with Gasteiger partial charge in [-0.1, -0.05) is 42.5 Å². The average Bonchev–Trinajstić information content (AvgIpc) is 2.48. The Hall–Kier alpha value is -2.11. The summed E-state index contributed by atoms with van der Waals surface area (Å²) in [6.45, 7) is 0.0743. The van der Waals surface area contributed by atoms with Crippen LogP contribution in [0.2, 0.25) is 0 Å². The van der Waals surface area contributed by atoms with Gasteiger partial charge >= 0.3 is 0 Å². The summed E-state index contributed by atoms with van der Waals surface area (Å²) >= 11 is 0. The minimum Gasteiger partial charge on any atom is -0.396 e. The second kappa shape index (κ2) is 7.06. The van der Waals surface area contributed by atoms with Crippen molar-refractivity contribution in [2.75, 3.05) is 11.3 Å². The summed E-state index contributed by atoms with van der Waals surface area (Å²) < 4.78 is 26.4. The van der Waals surface area contributed by atoms with Gasteiger partial charge in [0.15, 0.2) is 0 Å². The molecule has 0 saturated heterocycles. The summed E-state index contributed by atoms with van der Waals surface area (Å²) in [5.41, 5.74) is 2.27. The molecule has 2 aromatic carbocycles. The fourth-order valence-electron chi connectivity index (χ4n) is 1.80. The van der Waals surface area contributed by atoms with Gasteiger partial charge in [-0.05, 0) is 35.8 Å². The Bertz CT molecular complexity index is 692. The van der Waals surface area contributed by atoms with Crippen LogP contribution in [0.25, 0.3) is 6.08 Å². The molecule has 0 atom stereocenters. The Kier molecular flexibility index (Phi) is 5.14. The predicted molar refractivity (Wildman–Crippen MR) is 85.3 cm³/mol. The van der Waals surface area contributed by atoms with Gasteiger partial charge in [0, 0.05) is 12.3 Å². The molecule has 0 aliphatic carbocycles. The van der Waals surface area contributed by atoms with Gasteiger partial charge in [0.2, 0.25) is 0 Å². The highest BCUT2D eigenvalue weighted by Gasteiger charge is 2.05. The summed E-state index contributed by atoms with van der Waals surface area (Å²) in [4.78, 5) is 0. The van der Waals surface area contributed by atoms with Crippen molar-refractivity contribution in [3.63, 3.8) is 0 Å². The van der Waals surface area contributed by atoms with Crippen LogP contribution in [0.15, 0.2) is 60.0 Å². The minimum atomic E-state index is -3.54. The Morgan fingerprint density at radius 2 is 1.67 bits per heavy atom. The Balaban J connectivity index is 2.05. The average molecular weight is 303 g/mol. The Morgan fingerprint density at radius 1 is 1.00 bits per heavy atom. The third-order valence-electron chi connectivity index (χ3n) is 2.85. The van der Waals surface area contributed by atoms with Gasteiger partial charge < -0.3 is 5.11 Å². The van der Waals surface area contributed by atoms with Crippen molar-refractivity contribution in [2.24, 2.45) is 0 Å². The van der Waals surface area contributed by atoms with Crippen molar-refractivity contribution < 1.29 is 13.5 Å². The van der Waals surface area contributed by atoms with Crippen molar-refractivity contribution >= 4 is 21.8 Å². The maximum absolute atomic E-state index is 11.9. The van der Waals surface area contributed by atoms with E-state index in [1.165, 1.54) is 0 Å². The lowest BCUT2D eigenvalue weighted by atomic mass is 10.1. The first-order valence-electron chi connectivity index (χ1n) is 6.55. The van der Waals surface area contributed by atoms with Crippen LogP contribution in [0.5, 0.6) is 0 Å². The van der Waals surface area contributed by atoms with E-state index in [-0.39, 0.29) is 6.61 Å². The topological polar surface area (TPSA) is 66.4 Å². The van der Waals surface area contributed by atoms with Gasteiger partial charge in [-0.2, -0.15) is 0 Å². The first kappa shape index (κ1) is 15.3. The Morgan fingerprint density at radius 3 is 2.29 bits per heavy atom. The molecule has 0 saturated carbocycles. The van der Waals surface area contributed by atoms with Crippen molar-refractivity contribution in [3.05, 3.63) is 71.1 Å². The molecule has 0 heterocycles. The standard InChI is InChI=1S/C16H17NO3S/c18-12-10-15-6-8-16(9-7-15)17-21(19,20)13-11-14-4-2-1-3-5-14/h1-9,11,13,17-18H,10,12H2. The molecule has 0 radical (unpaired) electrons. The molecule has 0 aromatic heterocycles. The minimum absolute atomic E-state index is 0.0743. The third-order valence-corrected chi connectivity index (χ3v) is 3.87. The van der Waals surface area contributed by atoms with E-state index in [1.54, 1.807) is 30.3 Å². The molecule has 0 spiro atoms. The quantitative estimate of drug-likeness (QED) is 0.862. The molecule has 0 fully saturated rings. The SMILES string of the molecule is O=S(=O)(C=Cc1ccccc1)Nc1ccc(CCO)cc1. The molecule has 5 heteroatoms. The van der Waals surface area contributed by atoms with E-state index >= 15 is 0 Å². The summed E-state index contributed by atoms with van der Waals surface area (Å²) in [6, 6.07) is 16.2. The van der Waals surface area contributed by atoms with Crippen LogP contribution in [0.1, 0.15) is 11.1 Å². The molecule has 0 aliphatic rings. The van der Waals surface area contributed by atoms with Gasteiger partial charge in [0.05, 0.1) is 5.41 Å². The number of benzene rings is 2. The van der Waals surface area contributed by atoms with Gasteiger partial charge in [0.1, 0.15) is 0 Å². The van der Waals surface area contributed by atoms with Gasteiger partial charge in [-0.3, -0.25) is 4.72 Å². The number of hydrogen-bond donors (Lipinski definition) is 2. The first-order chi connectivity index (χ1) is 10.1. The first-order valence-corrected chi connectivity index (χ1v) is 8.09. The van der Waals surface area contributed by atoms with E-state index in [1.807, 2.05) is 30.3 Å². The zero-order chi connectivity index (χ0) is 15.1.